The van der Waals surface area contributed by atoms with Gasteiger partial charge in [0.25, 0.3) is 0 Å². The number of amides is 1. The van der Waals surface area contributed by atoms with Gasteiger partial charge in [0.05, 0.1) is 5.71 Å². The van der Waals surface area contributed by atoms with Crippen LogP contribution in [0.15, 0.2) is 5.10 Å². The maximum Gasteiger partial charge on any atom is 0.240 e. The van der Waals surface area contributed by atoms with Crippen molar-refractivity contribution in [1.82, 2.24) is 15.6 Å². The summed E-state index contributed by atoms with van der Waals surface area (Å²) in [6.07, 6.45) is 1.40. The van der Waals surface area contributed by atoms with Crippen LogP contribution < -0.4 is 10.7 Å². The molecular formula is C9H16N4O. The summed E-state index contributed by atoms with van der Waals surface area (Å²) in [4.78, 5) is 13.2. The van der Waals surface area contributed by atoms with E-state index < -0.39 is 0 Å². The average molecular weight is 196 g/mol. The van der Waals surface area contributed by atoms with Gasteiger partial charge in [-0.2, -0.15) is 5.10 Å². The SMILES string of the molecule is O=C1CCC(CN2CCNCC2)=NN1. The first-order valence-electron chi connectivity index (χ1n) is 5.12. The molecule has 0 radical (unpaired) electrons. The third-order valence-electron chi connectivity index (χ3n) is 2.60. The molecule has 78 valence electrons. The van der Waals surface area contributed by atoms with E-state index in [0.29, 0.717) is 6.42 Å². The van der Waals surface area contributed by atoms with Crippen LogP contribution in [-0.4, -0.2) is 49.2 Å². The number of nitrogens with zero attached hydrogens (tertiary/aromatic N) is 2. The second-order valence-corrected chi connectivity index (χ2v) is 3.74. The fourth-order valence-electron chi connectivity index (χ4n) is 1.75. The van der Waals surface area contributed by atoms with E-state index in [2.05, 4.69) is 20.7 Å². The van der Waals surface area contributed by atoms with Gasteiger partial charge in [0.2, 0.25) is 5.91 Å². The fourth-order valence-corrected chi connectivity index (χ4v) is 1.75. The van der Waals surface area contributed by atoms with Crippen LogP contribution in [-0.2, 0) is 4.79 Å². The lowest BCUT2D eigenvalue weighted by Crippen LogP contribution is -2.46. The standard InChI is InChI=1S/C9H16N4O/c14-9-2-1-8(11-12-9)7-13-5-3-10-4-6-13/h10H,1-7H2,(H,12,14). The Morgan fingerprint density at radius 3 is 2.71 bits per heavy atom. The van der Waals surface area contributed by atoms with Gasteiger partial charge in [0.15, 0.2) is 0 Å². The minimum Gasteiger partial charge on any atom is -0.314 e. The lowest BCUT2D eigenvalue weighted by Gasteiger charge is -2.28. The molecule has 2 rings (SSSR count). The maximum absolute atomic E-state index is 10.9. The topological polar surface area (TPSA) is 56.7 Å². The van der Waals surface area contributed by atoms with Crippen molar-refractivity contribution >= 4 is 11.6 Å². The van der Waals surface area contributed by atoms with Gasteiger partial charge in [0, 0.05) is 39.1 Å². The van der Waals surface area contributed by atoms with Crippen molar-refractivity contribution in [3.05, 3.63) is 0 Å². The van der Waals surface area contributed by atoms with Gasteiger partial charge in [-0.15, -0.1) is 0 Å². The number of carbonyl (C=O) groups is 1. The molecule has 14 heavy (non-hydrogen) atoms. The number of hydrazone groups is 1. The summed E-state index contributed by atoms with van der Waals surface area (Å²) in [5, 5.41) is 7.37. The van der Waals surface area contributed by atoms with Gasteiger partial charge in [-0.1, -0.05) is 0 Å². The average Bonchev–Trinajstić information content (AvgIpc) is 2.23. The Kier molecular flexibility index (Phi) is 3.10. The van der Waals surface area contributed by atoms with Crippen molar-refractivity contribution in [2.75, 3.05) is 32.7 Å². The van der Waals surface area contributed by atoms with Gasteiger partial charge >= 0.3 is 0 Å². The van der Waals surface area contributed by atoms with Crippen molar-refractivity contribution in [3.63, 3.8) is 0 Å². The molecule has 0 aromatic rings. The van der Waals surface area contributed by atoms with E-state index in [1.54, 1.807) is 0 Å². The summed E-state index contributed by atoms with van der Waals surface area (Å²) in [5.41, 5.74) is 3.63. The molecule has 1 fully saturated rings. The van der Waals surface area contributed by atoms with E-state index in [1.807, 2.05) is 0 Å². The third kappa shape index (κ3) is 2.52. The van der Waals surface area contributed by atoms with Gasteiger partial charge in [-0.25, -0.2) is 5.43 Å². The van der Waals surface area contributed by atoms with Crippen LogP contribution in [0.4, 0.5) is 0 Å². The molecule has 0 bridgehead atoms. The predicted octanol–water partition coefficient (Wildman–Crippen LogP) is -0.842. The Hall–Kier alpha value is -0.940. The lowest BCUT2D eigenvalue weighted by atomic mass is 10.1. The first-order chi connectivity index (χ1) is 6.84. The molecule has 2 aliphatic rings. The number of piperazine rings is 1. The van der Waals surface area contributed by atoms with Crippen LogP contribution >= 0.6 is 0 Å². The molecule has 0 atom stereocenters. The van der Waals surface area contributed by atoms with Crippen LogP contribution in [0.1, 0.15) is 12.8 Å². The maximum atomic E-state index is 10.9. The van der Waals surface area contributed by atoms with Gasteiger partial charge in [-0.05, 0) is 6.42 Å². The van der Waals surface area contributed by atoms with E-state index in [9.17, 15) is 4.79 Å². The number of hydrogen-bond acceptors (Lipinski definition) is 4. The molecule has 5 nitrogen and oxygen atoms in total. The van der Waals surface area contributed by atoms with E-state index >= 15 is 0 Å². The molecule has 1 saturated heterocycles. The second kappa shape index (κ2) is 4.52. The first kappa shape index (κ1) is 9.61. The molecule has 0 unspecified atom stereocenters. The highest BCUT2D eigenvalue weighted by molar-refractivity contribution is 5.93. The number of rotatable bonds is 2. The largest absolute Gasteiger partial charge is 0.314 e. The van der Waals surface area contributed by atoms with Gasteiger partial charge in [-0.3, -0.25) is 9.69 Å². The van der Waals surface area contributed by atoms with E-state index in [4.69, 9.17) is 0 Å². The van der Waals surface area contributed by atoms with Crippen molar-refractivity contribution < 1.29 is 4.79 Å². The number of nitrogens with one attached hydrogen (secondary N) is 2. The molecule has 5 heteroatoms. The summed E-state index contributed by atoms with van der Waals surface area (Å²) in [5.74, 6) is 0.0362. The van der Waals surface area contributed by atoms with Gasteiger partial charge in [0.1, 0.15) is 0 Å². The molecule has 0 saturated carbocycles. The van der Waals surface area contributed by atoms with Crippen LogP contribution in [0.3, 0.4) is 0 Å². The minimum absolute atomic E-state index is 0.0362. The molecule has 2 heterocycles. The van der Waals surface area contributed by atoms with Crippen LogP contribution in [0.5, 0.6) is 0 Å². The Morgan fingerprint density at radius 2 is 2.07 bits per heavy atom. The molecule has 1 amide bonds. The molecule has 2 N–H and O–H groups in total. The number of hydrogen-bond donors (Lipinski definition) is 2. The smallest absolute Gasteiger partial charge is 0.240 e. The zero-order valence-corrected chi connectivity index (χ0v) is 8.25. The van der Waals surface area contributed by atoms with Crippen molar-refractivity contribution in [2.45, 2.75) is 12.8 Å². The Labute approximate surface area is 83.5 Å². The fraction of sp³-hybridized carbons (Fsp3) is 0.778. The zero-order chi connectivity index (χ0) is 9.80. The Bertz CT molecular complexity index is 245. The quantitative estimate of drug-likeness (QED) is 0.605. The second-order valence-electron chi connectivity index (χ2n) is 3.74. The van der Waals surface area contributed by atoms with E-state index in [1.165, 1.54) is 0 Å². The molecule has 0 aromatic heterocycles. The highest BCUT2D eigenvalue weighted by Crippen LogP contribution is 2.02. The van der Waals surface area contributed by atoms with Gasteiger partial charge < -0.3 is 5.32 Å². The Balaban J connectivity index is 1.81. The highest BCUT2D eigenvalue weighted by Gasteiger charge is 2.16. The minimum atomic E-state index is 0.0362. The van der Waals surface area contributed by atoms with Crippen LogP contribution in [0.2, 0.25) is 0 Å². The Morgan fingerprint density at radius 1 is 1.29 bits per heavy atom. The summed E-state index contributed by atoms with van der Waals surface area (Å²) in [7, 11) is 0. The van der Waals surface area contributed by atoms with E-state index in [-0.39, 0.29) is 5.91 Å². The molecule has 2 aliphatic heterocycles. The summed E-state index contributed by atoms with van der Waals surface area (Å²) >= 11 is 0. The zero-order valence-electron chi connectivity index (χ0n) is 8.25. The first-order valence-corrected chi connectivity index (χ1v) is 5.12. The van der Waals surface area contributed by atoms with E-state index in [0.717, 1.165) is 44.9 Å². The lowest BCUT2D eigenvalue weighted by molar-refractivity contribution is -0.121. The molecule has 0 spiro atoms. The highest BCUT2D eigenvalue weighted by atomic mass is 16.2. The van der Waals surface area contributed by atoms with Crippen LogP contribution in [0, 0.1) is 0 Å². The molecule has 0 aromatic carbocycles. The van der Waals surface area contributed by atoms with Crippen molar-refractivity contribution in [3.8, 4) is 0 Å². The summed E-state index contributed by atoms with van der Waals surface area (Å²) in [6.45, 7) is 5.17. The summed E-state index contributed by atoms with van der Waals surface area (Å²) in [6, 6.07) is 0. The normalized spacial score (nSPS) is 24.3. The van der Waals surface area contributed by atoms with Crippen molar-refractivity contribution in [2.24, 2.45) is 5.10 Å². The monoisotopic (exact) mass is 196 g/mol. The molecular weight excluding hydrogens is 180 g/mol. The summed E-state index contributed by atoms with van der Waals surface area (Å²) < 4.78 is 0. The van der Waals surface area contributed by atoms with Crippen molar-refractivity contribution in [1.29, 1.82) is 0 Å². The number of carbonyl (C=O) groups excluding carboxylic acids is 1. The third-order valence-corrected chi connectivity index (χ3v) is 2.60. The molecule has 0 aliphatic carbocycles. The van der Waals surface area contributed by atoms with Crippen LogP contribution in [0.25, 0.3) is 0 Å². The predicted molar refractivity (Wildman–Crippen MR) is 54.1 cm³/mol.